The summed E-state index contributed by atoms with van der Waals surface area (Å²) in [6.07, 6.45) is 0. The van der Waals surface area contributed by atoms with Crippen LogP contribution in [0.4, 0.5) is 0 Å². The molecule has 12 nitrogen and oxygen atoms in total. The minimum absolute atomic E-state index is 0. The van der Waals surface area contributed by atoms with Crippen LogP contribution < -0.4 is 10.9 Å². The van der Waals surface area contributed by atoms with Crippen molar-refractivity contribution in [1.82, 2.24) is 10.9 Å². The summed E-state index contributed by atoms with van der Waals surface area (Å²) in [6, 6.07) is 5.03. The largest absolute Gasteiger partial charge is 0.305 e. The first kappa shape index (κ1) is 39.4. The Morgan fingerprint density at radius 1 is 0.692 bits per heavy atom. The Hall–Kier alpha value is -1.74. The van der Waals surface area contributed by atoms with Crippen molar-refractivity contribution in [2.45, 2.75) is 0 Å². The third-order valence-electron chi connectivity index (χ3n) is 1.33. The van der Waals surface area contributed by atoms with E-state index in [1.165, 1.54) is 14.1 Å². The number of azo groups is 1. The van der Waals surface area contributed by atoms with Crippen LogP contribution in [-0.4, -0.2) is 104 Å². The van der Waals surface area contributed by atoms with Crippen LogP contribution in [0.15, 0.2) is 25.2 Å². The van der Waals surface area contributed by atoms with Crippen LogP contribution in [0, 0.1) is 9.81 Å². The Kier molecular flexibility index (Phi) is 66.0. The van der Waals surface area contributed by atoms with Crippen molar-refractivity contribution in [3.8, 4) is 0 Å². The predicted octanol–water partition coefficient (Wildman–Crippen LogP) is 0.237. The van der Waals surface area contributed by atoms with E-state index in [0.717, 1.165) is 0 Å². The molecule has 0 fully saturated rings. The maximum atomic E-state index is 9.62. The van der Waals surface area contributed by atoms with Gasteiger partial charge in [-0.1, -0.05) is 0 Å². The van der Waals surface area contributed by atoms with E-state index in [1.54, 1.807) is 53.9 Å². The van der Waals surface area contributed by atoms with Crippen molar-refractivity contribution >= 4 is 12.0 Å². The summed E-state index contributed by atoms with van der Waals surface area (Å²) in [5.41, 5.74) is 4.61. The van der Waals surface area contributed by atoms with Gasteiger partial charge >= 0.3 is 6.01 Å². The van der Waals surface area contributed by atoms with Crippen molar-refractivity contribution in [3.05, 3.63) is 9.81 Å². The van der Waals surface area contributed by atoms with Crippen LogP contribution in [0.2, 0.25) is 0 Å². The zero-order chi connectivity index (χ0) is 21.1. The average molecular weight is 452 g/mol. The molecule has 0 unspecified atom stereocenters. The Balaban J connectivity index is -0.0000000479. The van der Waals surface area contributed by atoms with E-state index < -0.39 is 0 Å². The van der Waals surface area contributed by atoms with Gasteiger partial charge in [-0.2, -0.15) is 21.1 Å². The fourth-order valence-electron chi connectivity index (χ4n) is 0.300. The molecule has 2 N–H and O–H groups in total. The van der Waals surface area contributed by atoms with E-state index in [2.05, 4.69) is 48.1 Å². The summed E-state index contributed by atoms with van der Waals surface area (Å²) in [6.45, 7) is 0. The molecule has 0 amide bonds. The van der Waals surface area contributed by atoms with Crippen LogP contribution in [0.1, 0.15) is 0 Å². The van der Waals surface area contributed by atoms with Gasteiger partial charge in [0.1, 0.15) is 16.8 Å². The Morgan fingerprint density at radius 2 is 0.962 bits per heavy atom. The molecule has 0 rings (SSSR count). The molecule has 0 aromatic rings. The van der Waals surface area contributed by atoms with Crippen molar-refractivity contribution in [3.63, 3.8) is 0 Å². The van der Waals surface area contributed by atoms with Crippen LogP contribution in [0.5, 0.6) is 0 Å². The third-order valence-corrected chi connectivity index (χ3v) is 1.33. The van der Waals surface area contributed by atoms with Gasteiger partial charge in [-0.25, -0.2) is 14.6 Å². The van der Waals surface area contributed by atoms with Crippen LogP contribution in [0.3, 0.4) is 0 Å². The maximum absolute atomic E-state index is 9.62. The molecule has 26 heavy (non-hydrogen) atoms. The number of nitrogens with zero attached hydrogens (tertiary/aromatic N) is 8. The molecule has 0 saturated heterocycles. The summed E-state index contributed by atoms with van der Waals surface area (Å²) in [4.78, 5) is 31.0. The molecular formula is C13H35N10O2Y+3. The second-order valence-corrected chi connectivity index (χ2v) is 3.61. The summed E-state index contributed by atoms with van der Waals surface area (Å²) >= 11 is 0. The second kappa shape index (κ2) is 43.6. The Labute approximate surface area is 182 Å². The first-order chi connectivity index (χ1) is 11.6. The monoisotopic (exact) mass is 452 g/mol. The maximum Gasteiger partial charge on any atom is 0.305 e. The zero-order valence-corrected chi connectivity index (χ0v) is 20.8. The van der Waals surface area contributed by atoms with E-state index in [4.69, 9.17) is 0 Å². The molecule has 0 aromatic carbocycles. The van der Waals surface area contributed by atoms with Gasteiger partial charge in [-0.15, -0.1) is 0 Å². The van der Waals surface area contributed by atoms with E-state index in [-0.39, 0.29) is 32.7 Å². The molecule has 1 radical (unpaired) electrons. The van der Waals surface area contributed by atoms with E-state index in [9.17, 15) is 9.81 Å². The third kappa shape index (κ3) is 147. The molecule has 13 heteroatoms. The van der Waals surface area contributed by atoms with Gasteiger partial charge in [-0.3, -0.25) is 0 Å². The summed E-state index contributed by atoms with van der Waals surface area (Å²) in [5.74, 6) is 0. The normalized spacial score (nSPS) is 6.58. The number of nitrogens with one attached hydrogen (secondary N) is 2. The minimum atomic E-state index is 0. The standard InChI is InChI=1S/C4H9N2.C3H6N2.2C2H7N2O.C2H6N2.Y/c1-5-4-6(2)3;1-4-3-5-2;2*1-3-4(2)5;1-3-4-2;/h1-3H3;1-2H3;2*1-2H3,(H,3,5);1-2H3;/q+1;;2*+1;;. The zero-order valence-electron chi connectivity index (χ0n) is 18.0. The topological polar surface area (TPSA) is 129 Å². The summed E-state index contributed by atoms with van der Waals surface area (Å²) in [7, 11) is 17.9. The number of hydrogen-bond donors (Lipinski definition) is 2. The smallest absolute Gasteiger partial charge is 0.229 e. The molecule has 149 valence electrons. The molecular weight excluding hydrogens is 417 g/mol. The van der Waals surface area contributed by atoms with E-state index in [0.29, 0.717) is 9.74 Å². The number of hydrogen-bond acceptors (Lipinski definition) is 7. The molecule has 0 heterocycles. The SMILES string of the molecule is CN=C=NC.CN=C=[N+](C)C.CN=NC.CN[N+](C)=O.CN[N+](C)=O.[Y]. The summed E-state index contributed by atoms with van der Waals surface area (Å²) < 4.78 is 1.76. The van der Waals surface area contributed by atoms with E-state index >= 15 is 0 Å². The number of hydrazine groups is 2. The quantitative estimate of drug-likeness (QED) is 0.269. The summed E-state index contributed by atoms with van der Waals surface area (Å²) in [5, 5.41) is 6.72. The number of nitroso groups, excluding NO2 is 2. The minimum Gasteiger partial charge on any atom is -0.229 e. The van der Waals surface area contributed by atoms with Gasteiger partial charge in [0.2, 0.25) is 14.1 Å². The molecule has 0 aliphatic heterocycles. The molecule has 0 aliphatic carbocycles. The molecule has 0 aromatic heterocycles. The van der Waals surface area contributed by atoms with Gasteiger partial charge in [0.15, 0.2) is 0 Å². The van der Waals surface area contributed by atoms with Crippen molar-refractivity contribution in [2.75, 3.05) is 77.5 Å². The Bertz CT molecular complexity index is 426. The van der Waals surface area contributed by atoms with Crippen LogP contribution in [-0.2, 0) is 32.7 Å². The van der Waals surface area contributed by atoms with Gasteiger partial charge in [0, 0.05) is 60.9 Å². The number of rotatable bonds is 2. The molecule has 0 bridgehead atoms. The molecule has 0 saturated carbocycles. The first-order valence-corrected chi connectivity index (χ1v) is 6.93. The molecule has 0 atom stereocenters. The van der Waals surface area contributed by atoms with Crippen LogP contribution >= 0.6 is 0 Å². The van der Waals surface area contributed by atoms with Crippen molar-refractivity contribution < 1.29 is 47.0 Å². The predicted molar refractivity (Wildman–Crippen MR) is 101 cm³/mol. The van der Waals surface area contributed by atoms with Gasteiger partial charge in [0.05, 0.1) is 44.0 Å². The Morgan fingerprint density at radius 3 is 0.962 bits per heavy atom. The fourth-order valence-corrected chi connectivity index (χ4v) is 0.300. The molecule has 0 spiro atoms. The van der Waals surface area contributed by atoms with Crippen molar-refractivity contribution in [1.29, 1.82) is 0 Å². The first-order valence-electron chi connectivity index (χ1n) is 6.93. The van der Waals surface area contributed by atoms with Crippen molar-refractivity contribution in [2.24, 2.45) is 25.2 Å². The van der Waals surface area contributed by atoms with Gasteiger partial charge in [0.25, 0.3) is 0 Å². The molecule has 0 aliphatic rings. The fraction of sp³-hybridized carbons (Fsp3) is 0.846. The van der Waals surface area contributed by atoms with Gasteiger partial charge < -0.3 is 0 Å². The van der Waals surface area contributed by atoms with Gasteiger partial charge in [-0.05, 0) is 4.99 Å². The van der Waals surface area contributed by atoms with Crippen LogP contribution in [0.25, 0.3) is 0 Å². The average Bonchev–Trinajstić information content (AvgIpc) is 2.57. The second-order valence-electron chi connectivity index (χ2n) is 3.61. The number of aliphatic imine (C=N–C) groups is 3. The van der Waals surface area contributed by atoms with E-state index in [1.807, 2.05) is 14.1 Å².